The highest BCUT2D eigenvalue weighted by molar-refractivity contribution is 6.30. The number of allylic oxidation sites excluding steroid dienone is 2. The summed E-state index contributed by atoms with van der Waals surface area (Å²) in [5, 5.41) is 9.84. The minimum Gasteiger partial charge on any atom is -0.488 e. The third kappa shape index (κ3) is 5.20. The van der Waals surface area contributed by atoms with Crippen molar-refractivity contribution in [3.8, 4) is 5.75 Å². The van der Waals surface area contributed by atoms with Gasteiger partial charge in [-0.1, -0.05) is 29.8 Å². The quantitative estimate of drug-likeness (QED) is 0.414. The van der Waals surface area contributed by atoms with Crippen molar-refractivity contribution in [2.75, 3.05) is 0 Å². The Balaban J connectivity index is 1.77. The van der Waals surface area contributed by atoms with Crippen LogP contribution in [0.4, 0.5) is 13.2 Å². The molecule has 0 radical (unpaired) electrons. The lowest BCUT2D eigenvalue weighted by atomic mass is 9.97. The van der Waals surface area contributed by atoms with Crippen molar-refractivity contribution in [3.63, 3.8) is 0 Å². The third-order valence-corrected chi connectivity index (χ3v) is 5.69. The molecule has 0 atom stereocenters. The minimum atomic E-state index is -4.51. The molecular weight excluding hydrogens is 455 g/mol. The molecule has 4 rings (SSSR count). The molecule has 33 heavy (non-hydrogen) atoms. The first-order valence-electron chi connectivity index (χ1n) is 10.2. The Morgan fingerprint density at radius 3 is 2.45 bits per heavy atom. The molecule has 2 aromatic carbocycles. The Morgan fingerprint density at radius 2 is 1.76 bits per heavy atom. The molecule has 3 aromatic rings. The Kier molecular flexibility index (Phi) is 6.42. The summed E-state index contributed by atoms with van der Waals surface area (Å²) in [6.07, 6.45) is -2.67. The number of nitrogens with zero attached hydrogens (tertiary/aromatic N) is 1. The number of carboxylic acid groups (broad SMARTS) is 1. The summed E-state index contributed by atoms with van der Waals surface area (Å²) < 4.78 is 46.4. The van der Waals surface area contributed by atoms with E-state index in [9.17, 15) is 23.1 Å². The smallest absolute Gasteiger partial charge is 0.416 e. The summed E-state index contributed by atoms with van der Waals surface area (Å²) in [5.41, 5.74) is 2.13. The molecule has 0 aliphatic heterocycles. The molecule has 1 aliphatic rings. The maximum atomic E-state index is 13.5. The molecule has 0 saturated carbocycles. The van der Waals surface area contributed by atoms with Crippen molar-refractivity contribution < 1.29 is 27.8 Å². The van der Waals surface area contributed by atoms with E-state index in [1.165, 1.54) is 12.1 Å². The van der Waals surface area contributed by atoms with Crippen molar-refractivity contribution >= 4 is 28.7 Å². The van der Waals surface area contributed by atoms with Gasteiger partial charge in [0.2, 0.25) is 0 Å². The molecule has 1 aliphatic carbocycles. The first-order chi connectivity index (χ1) is 15.7. The Morgan fingerprint density at radius 1 is 1.03 bits per heavy atom. The molecule has 1 heterocycles. The summed E-state index contributed by atoms with van der Waals surface area (Å²) >= 11 is 5.91. The summed E-state index contributed by atoms with van der Waals surface area (Å²) in [5.74, 6) is -0.843. The number of hydrogen-bond donors (Lipinski definition) is 1. The van der Waals surface area contributed by atoms with E-state index in [0.717, 1.165) is 29.7 Å². The van der Waals surface area contributed by atoms with E-state index in [-0.39, 0.29) is 12.3 Å². The second-order valence-corrected chi connectivity index (χ2v) is 8.08. The van der Waals surface area contributed by atoms with Crippen molar-refractivity contribution in [1.29, 1.82) is 0 Å². The van der Waals surface area contributed by atoms with Gasteiger partial charge >= 0.3 is 12.1 Å². The first kappa shape index (κ1) is 22.9. The maximum Gasteiger partial charge on any atom is 0.416 e. The second kappa shape index (κ2) is 9.27. The van der Waals surface area contributed by atoms with Gasteiger partial charge in [-0.3, -0.25) is 0 Å². The molecular formula is C25H19ClF3NO3. The predicted octanol–water partition coefficient (Wildman–Crippen LogP) is 7.13. The number of alkyl halides is 3. The average molecular weight is 474 g/mol. The van der Waals surface area contributed by atoms with E-state index in [2.05, 4.69) is 4.98 Å². The van der Waals surface area contributed by atoms with Gasteiger partial charge in [0.25, 0.3) is 0 Å². The van der Waals surface area contributed by atoms with Gasteiger partial charge < -0.3 is 9.84 Å². The van der Waals surface area contributed by atoms with Crippen LogP contribution in [0.3, 0.4) is 0 Å². The third-order valence-electron chi connectivity index (χ3n) is 5.43. The Hall–Kier alpha value is -3.32. The van der Waals surface area contributed by atoms with E-state index >= 15 is 0 Å². The van der Waals surface area contributed by atoms with Crippen molar-refractivity contribution in [1.82, 2.24) is 4.98 Å². The predicted molar refractivity (Wildman–Crippen MR) is 119 cm³/mol. The van der Waals surface area contributed by atoms with Gasteiger partial charge in [-0.15, -0.1) is 0 Å². The second-order valence-electron chi connectivity index (χ2n) is 7.65. The summed E-state index contributed by atoms with van der Waals surface area (Å²) in [7, 11) is 0. The molecule has 1 aromatic heterocycles. The molecule has 0 amide bonds. The Bertz CT molecular complexity index is 1220. The van der Waals surface area contributed by atoms with Gasteiger partial charge in [0, 0.05) is 10.6 Å². The largest absolute Gasteiger partial charge is 0.488 e. The van der Waals surface area contributed by atoms with E-state index < -0.39 is 17.7 Å². The van der Waals surface area contributed by atoms with Gasteiger partial charge in [0.05, 0.1) is 11.3 Å². The molecule has 4 nitrogen and oxygen atoms in total. The lowest BCUT2D eigenvalue weighted by Crippen LogP contribution is -2.07. The van der Waals surface area contributed by atoms with Crippen LogP contribution in [0.5, 0.6) is 5.75 Å². The minimum absolute atomic E-state index is 0.116. The maximum absolute atomic E-state index is 13.5. The Labute approximate surface area is 193 Å². The average Bonchev–Trinajstić information content (AvgIpc) is 3.28. The normalized spacial score (nSPS) is 13.9. The van der Waals surface area contributed by atoms with E-state index in [4.69, 9.17) is 16.3 Å². The zero-order valence-electron chi connectivity index (χ0n) is 17.3. The van der Waals surface area contributed by atoms with Crippen LogP contribution in [0.1, 0.15) is 52.1 Å². The van der Waals surface area contributed by atoms with Gasteiger partial charge in [-0.2, -0.15) is 13.2 Å². The first-order valence-corrected chi connectivity index (χ1v) is 10.6. The number of aromatic nitrogens is 1. The number of carbonyl (C=O) groups is 1. The van der Waals surface area contributed by atoms with Gasteiger partial charge in [-0.05, 0) is 78.4 Å². The molecule has 0 fully saturated rings. The van der Waals surface area contributed by atoms with Crippen LogP contribution in [0.15, 0.2) is 60.7 Å². The van der Waals surface area contributed by atoms with Crippen molar-refractivity contribution in [3.05, 3.63) is 93.8 Å². The van der Waals surface area contributed by atoms with Gasteiger partial charge in [0.15, 0.2) is 0 Å². The number of halogens is 4. The highest BCUT2D eigenvalue weighted by Crippen LogP contribution is 2.44. The summed E-state index contributed by atoms with van der Waals surface area (Å²) in [6, 6.07) is 15.1. The number of benzene rings is 2. The zero-order valence-corrected chi connectivity index (χ0v) is 18.1. The van der Waals surface area contributed by atoms with E-state index in [0.29, 0.717) is 40.4 Å². The monoisotopic (exact) mass is 473 g/mol. The fourth-order valence-corrected chi connectivity index (χ4v) is 3.98. The van der Waals surface area contributed by atoms with Crippen LogP contribution in [0.25, 0.3) is 11.1 Å². The van der Waals surface area contributed by atoms with Crippen LogP contribution in [-0.2, 0) is 12.8 Å². The topological polar surface area (TPSA) is 59.4 Å². The molecule has 0 unspecified atom stereocenters. The van der Waals surface area contributed by atoms with E-state index in [1.54, 1.807) is 36.4 Å². The van der Waals surface area contributed by atoms with Crippen LogP contribution in [-0.4, -0.2) is 16.1 Å². The molecule has 0 spiro atoms. The number of pyridine rings is 1. The van der Waals surface area contributed by atoms with Gasteiger partial charge in [0.1, 0.15) is 18.1 Å². The van der Waals surface area contributed by atoms with Crippen LogP contribution >= 0.6 is 11.6 Å². The van der Waals surface area contributed by atoms with Crippen molar-refractivity contribution in [2.24, 2.45) is 0 Å². The molecule has 1 N–H and O–H groups in total. The molecule has 8 heteroatoms. The van der Waals surface area contributed by atoms with Crippen molar-refractivity contribution in [2.45, 2.75) is 32.0 Å². The highest BCUT2D eigenvalue weighted by Gasteiger charge is 2.32. The summed E-state index contributed by atoms with van der Waals surface area (Å²) in [4.78, 5) is 15.5. The number of aromatic carboxylic acids is 1. The van der Waals surface area contributed by atoms with Crippen LogP contribution in [0.2, 0.25) is 5.02 Å². The SMILES string of the molecule is O=C(O)c1cccc(C2=C(c3cc(C(F)(F)F)ccc3OCc3ccc(Cl)cc3)CCC2)n1. The standard InChI is InChI=1S/C25H19ClF3NO3/c26-17-10-7-15(8-11-17)14-33-23-12-9-16(25(27,28)29)13-20(23)18-3-1-4-19(18)21-5-2-6-22(30-21)24(31)32/h2,5-13H,1,3-4,14H2,(H,31,32). The fourth-order valence-electron chi connectivity index (χ4n) is 3.86. The number of hydrogen-bond acceptors (Lipinski definition) is 3. The fraction of sp³-hybridized carbons (Fsp3) is 0.200. The molecule has 0 saturated heterocycles. The number of carboxylic acids is 1. The lowest BCUT2D eigenvalue weighted by Gasteiger charge is -2.17. The zero-order chi connectivity index (χ0) is 23.6. The van der Waals surface area contributed by atoms with Crippen LogP contribution in [0, 0.1) is 0 Å². The lowest BCUT2D eigenvalue weighted by molar-refractivity contribution is -0.137. The molecule has 170 valence electrons. The summed E-state index contributed by atoms with van der Waals surface area (Å²) in [6.45, 7) is 0.158. The number of ether oxygens (including phenoxy) is 1. The highest BCUT2D eigenvalue weighted by atomic mass is 35.5. The van der Waals surface area contributed by atoms with Gasteiger partial charge in [-0.25, -0.2) is 9.78 Å². The molecule has 0 bridgehead atoms. The van der Waals surface area contributed by atoms with Crippen LogP contribution < -0.4 is 4.74 Å². The number of rotatable bonds is 6. The van der Waals surface area contributed by atoms with E-state index in [1.807, 2.05) is 0 Å².